The number of unbranched alkanes of at least 4 members (excludes halogenated alkanes) is 2. The van der Waals surface area contributed by atoms with Crippen molar-refractivity contribution in [2.24, 2.45) is 0 Å². The highest BCUT2D eigenvalue weighted by atomic mass is 79.9. The Bertz CT molecular complexity index is 1170. The van der Waals surface area contributed by atoms with Crippen molar-refractivity contribution < 1.29 is 45.4 Å². The molecule has 19 heteroatoms. The summed E-state index contributed by atoms with van der Waals surface area (Å²) in [6, 6.07) is 1.59. The smallest absolute Gasteiger partial charge is 0.362 e. The first-order chi connectivity index (χ1) is 19.3. The number of carbonyl (C=O) groups is 1. The molecule has 0 radical (unpaired) electrons. The summed E-state index contributed by atoms with van der Waals surface area (Å²) in [6.45, 7) is 3.01. The Hall–Kier alpha value is -2.21. The maximum absolute atomic E-state index is 13.2. The van der Waals surface area contributed by atoms with E-state index in [-0.39, 0.29) is 50.5 Å². The Balaban J connectivity index is 3.24. The summed E-state index contributed by atoms with van der Waals surface area (Å²) in [5, 5.41) is 26.1. The Labute approximate surface area is 247 Å². The highest BCUT2D eigenvalue weighted by Crippen LogP contribution is 2.49. The van der Waals surface area contributed by atoms with E-state index in [4.69, 9.17) is 17.8 Å². The molecule has 0 saturated carbocycles. The Morgan fingerprint density at radius 2 is 1.59 bits per heavy atom. The van der Waals surface area contributed by atoms with Crippen LogP contribution in [-0.4, -0.2) is 81.8 Å². The zero-order valence-corrected chi connectivity index (χ0v) is 26.4. The van der Waals surface area contributed by atoms with Gasteiger partial charge in [0, 0.05) is 31.0 Å². The fraction of sp³-hybridized carbons (Fsp3) is 0.682. The standard InChI is InChI=1S/C22H36BrN4O12PS/c1-4-6-12-36-40(33,37-13-7-5-2)38-14-9-24-22(28)19-16-18(26(29)30)17-20(27(31)32)21(19)25(10-8-23)11-15-39-41(3,34)35/h16-17H,4-15H2,1-3H3,(H,24,28). The molecule has 1 aromatic carbocycles. The number of nitrogens with one attached hydrogen (secondary N) is 1. The van der Waals surface area contributed by atoms with Crippen LogP contribution in [0.25, 0.3) is 0 Å². The van der Waals surface area contributed by atoms with Crippen molar-refractivity contribution in [3.05, 3.63) is 37.9 Å². The first kappa shape index (κ1) is 36.8. The number of hydrogen-bond donors (Lipinski definition) is 1. The van der Waals surface area contributed by atoms with E-state index in [2.05, 4.69) is 21.2 Å². The first-order valence-electron chi connectivity index (χ1n) is 12.7. The second kappa shape index (κ2) is 18.4. The molecular weight excluding hydrogens is 655 g/mol. The van der Waals surface area contributed by atoms with Crippen molar-refractivity contribution in [2.45, 2.75) is 39.5 Å². The Morgan fingerprint density at radius 3 is 2.07 bits per heavy atom. The molecule has 1 rings (SSSR count). The summed E-state index contributed by atoms with van der Waals surface area (Å²) >= 11 is 3.21. The van der Waals surface area contributed by atoms with Gasteiger partial charge in [0.2, 0.25) is 0 Å². The van der Waals surface area contributed by atoms with E-state index in [0.717, 1.165) is 25.2 Å². The summed E-state index contributed by atoms with van der Waals surface area (Å²) in [5.74, 6) is -0.923. The van der Waals surface area contributed by atoms with Gasteiger partial charge in [0.15, 0.2) is 0 Å². The van der Waals surface area contributed by atoms with Crippen LogP contribution in [0.15, 0.2) is 12.1 Å². The number of benzene rings is 1. The van der Waals surface area contributed by atoms with E-state index in [1.165, 1.54) is 4.90 Å². The van der Waals surface area contributed by atoms with E-state index in [1.54, 1.807) is 0 Å². The van der Waals surface area contributed by atoms with Crippen molar-refractivity contribution >= 4 is 56.8 Å². The molecule has 16 nitrogen and oxygen atoms in total. The molecule has 0 heterocycles. The molecule has 0 aliphatic heterocycles. The predicted molar refractivity (Wildman–Crippen MR) is 154 cm³/mol. The van der Waals surface area contributed by atoms with Gasteiger partial charge in [-0.05, 0) is 12.8 Å². The predicted octanol–water partition coefficient (Wildman–Crippen LogP) is 4.17. The zero-order chi connectivity index (χ0) is 31.1. The SMILES string of the molecule is CCCCOP(=O)(OCCCC)OCCNC(=O)c1cc([N+](=O)[O-])cc([N+](=O)[O-])c1N(CCBr)CCOS(C)(=O)=O. The van der Waals surface area contributed by atoms with Crippen LogP contribution in [0, 0.1) is 20.2 Å². The molecule has 0 unspecified atom stereocenters. The number of phosphoric acid groups is 1. The van der Waals surface area contributed by atoms with Gasteiger partial charge in [0.05, 0.1) is 54.2 Å². The number of halogens is 1. The normalized spacial score (nSPS) is 11.8. The lowest BCUT2D eigenvalue weighted by Gasteiger charge is -2.25. The highest BCUT2D eigenvalue weighted by molar-refractivity contribution is 9.09. The molecule has 1 amide bonds. The van der Waals surface area contributed by atoms with Gasteiger partial charge >= 0.3 is 7.82 Å². The summed E-state index contributed by atoms with van der Waals surface area (Å²) < 4.78 is 56.4. The number of phosphoric ester groups is 1. The maximum Gasteiger partial charge on any atom is 0.474 e. The zero-order valence-electron chi connectivity index (χ0n) is 23.1. The number of amides is 1. The number of nitrogens with zero attached hydrogens (tertiary/aromatic N) is 3. The van der Waals surface area contributed by atoms with Gasteiger partial charge in [-0.3, -0.25) is 42.8 Å². The number of nitro benzene ring substituents is 2. The molecule has 0 bridgehead atoms. The van der Waals surface area contributed by atoms with E-state index in [1.807, 2.05) is 13.8 Å². The van der Waals surface area contributed by atoms with Gasteiger partial charge in [0.1, 0.15) is 5.69 Å². The van der Waals surface area contributed by atoms with Gasteiger partial charge in [-0.25, -0.2) is 4.57 Å². The minimum absolute atomic E-state index is 0.0581. The molecule has 1 N–H and O–H groups in total. The summed E-state index contributed by atoms with van der Waals surface area (Å²) in [7, 11) is -7.75. The second-order valence-electron chi connectivity index (χ2n) is 8.49. The largest absolute Gasteiger partial charge is 0.474 e. The van der Waals surface area contributed by atoms with Crippen LogP contribution in [0.2, 0.25) is 0 Å². The number of hydrogen-bond acceptors (Lipinski definition) is 13. The number of alkyl halides is 1. The van der Waals surface area contributed by atoms with Crippen LogP contribution in [0.4, 0.5) is 17.1 Å². The highest BCUT2D eigenvalue weighted by Gasteiger charge is 2.31. The average Bonchev–Trinajstić information content (AvgIpc) is 2.89. The van der Waals surface area contributed by atoms with Crippen LogP contribution >= 0.6 is 23.8 Å². The van der Waals surface area contributed by atoms with Crippen LogP contribution < -0.4 is 10.2 Å². The molecule has 234 valence electrons. The molecular formula is C22H36BrN4O12PS. The summed E-state index contributed by atoms with van der Waals surface area (Å²) in [6.07, 6.45) is 3.65. The average molecular weight is 691 g/mol. The summed E-state index contributed by atoms with van der Waals surface area (Å²) in [5.41, 5.74) is -2.12. The van der Waals surface area contributed by atoms with Crippen molar-refractivity contribution in [3.8, 4) is 0 Å². The van der Waals surface area contributed by atoms with Gasteiger partial charge < -0.3 is 10.2 Å². The van der Waals surface area contributed by atoms with Crippen molar-refractivity contribution in [3.63, 3.8) is 0 Å². The fourth-order valence-corrected chi connectivity index (χ4v) is 5.31. The Morgan fingerprint density at radius 1 is 1.00 bits per heavy atom. The Kier molecular flexibility index (Phi) is 16.5. The number of carbonyl (C=O) groups excluding carboxylic acids is 1. The summed E-state index contributed by atoms with van der Waals surface area (Å²) in [4.78, 5) is 36.1. The molecule has 1 aromatic rings. The third kappa shape index (κ3) is 13.5. The van der Waals surface area contributed by atoms with Gasteiger partial charge in [-0.15, -0.1) is 0 Å². The van der Waals surface area contributed by atoms with Gasteiger partial charge in [-0.2, -0.15) is 8.42 Å². The third-order valence-corrected chi connectivity index (χ3v) is 7.63. The molecule has 0 atom stereocenters. The number of anilines is 1. The fourth-order valence-electron chi connectivity index (χ4n) is 3.26. The van der Waals surface area contributed by atoms with E-state index in [0.29, 0.717) is 18.9 Å². The quantitative estimate of drug-likeness (QED) is 0.0453. The lowest BCUT2D eigenvalue weighted by atomic mass is 10.1. The van der Waals surface area contributed by atoms with Crippen molar-refractivity contribution in [1.29, 1.82) is 0 Å². The van der Waals surface area contributed by atoms with Gasteiger partial charge in [-0.1, -0.05) is 42.6 Å². The number of non-ortho nitro benzene ring substituents is 1. The monoisotopic (exact) mass is 690 g/mol. The van der Waals surface area contributed by atoms with Crippen molar-refractivity contribution in [1.82, 2.24) is 5.32 Å². The third-order valence-electron chi connectivity index (χ3n) is 5.19. The minimum Gasteiger partial charge on any atom is -0.362 e. The molecule has 41 heavy (non-hydrogen) atoms. The maximum atomic E-state index is 13.2. The van der Waals surface area contributed by atoms with Gasteiger partial charge in [0.25, 0.3) is 27.4 Å². The minimum atomic E-state index is -3.92. The molecule has 0 aliphatic carbocycles. The second-order valence-corrected chi connectivity index (χ2v) is 12.6. The van der Waals surface area contributed by atoms with Crippen LogP contribution in [0.3, 0.4) is 0 Å². The topological polar surface area (TPSA) is 207 Å². The van der Waals surface area contributed by atoms with Crippen LogP contribution in [0.1, 0.15) is 49.9 Å². The van der Waals surface area contributed by atoms with Crippen molar-refractivity contribution in [2.75, 3.05) is 62.5 Å². The number of rotatable bonds is 22. The van der Waals surface area contributed by atoms with E-state index >= 15 is 0 Å². The lowest BCUT2D eigenvalue weighted by Crippen LogP contribution is -2.34. The van der Waals surface area contributed by atoms with Crippen LogP contribution in [-0.2, 0) is 32.4 Å². The van der Waals surface area contributed by atoms with E-state index in [9.17, 15) is 38.0 Å². The molecule has 0 aliphatic rings. The van der Waals surface area contributed by atoms with E-state index < -0.39 is 57.2 Å². The number of nitro groups is 2. The first-order valence-corrected chi connectivity index (χ1v) is 17.1. The molecule has 0 fully saturated rings. The van der Waals surface area contributed by atoms with Crippen LogP contribution in [0.5, 0.6) is 0 Å². The molecule has 0 aromatic heterocycles. The molecule has 0 saturated heterocycles. The molecule has 0 spiro atoms. The lowest BCUT2D eigenvalue weighted by molar-refractivity contribution is -0.393.